The zero-order chi connectivity index (χ0) is 10.4. The SMILES string of the molecule is CCOP(=O)(OCC)C1CCCOC1. The molecule has 1 unspecified atom stereocenters. The lowest BCUT2D eigenvalue weighted by atomic mass is 10.2. The first-order valence-corrected chi connectivity index (χ1v) is 6.80. The van der Waals surface area contributed by atoms with Gasteiger partial charge in [0.1, 0.15) is 0 Å². The van der Waals surface area contributed by atoms with Crippen molar-refractivity contribution in [1.29, 1.82) is 0 Å². The highest BCUT2D eigenvalue weighted by molar-refractivity contribution is 7.54. The topological polar surface area (TPSA) is 44.8 Å². The second-order valence-corrected chi connectivity index (χ2v) is 5.57. The summed E-state index contributed by atoms with van der Waals surface area (Å²) in [5.41, 5.74) is -0.0730. The minimum absolute atomic E-state index is 0.0730. The van der Waals surface area contributed by atoms with Crippen LogP contribution in [0, 0.1) is 0 Å². The van der Waals surface area contributed by atoms with E-state index in [1.807, 2.05) is 13.8 Å². The average molecular weight is 222 g/mol. The lowest BCUT2D eigenvalue weighted by Gasteiger charge is -2.28. The number of ether oxygens (including phenoxy) is 1. The van der Waals surface area contributed by atoms with E-state index in [4.69, 9.17) is 13.8 Å². The summed E-state index contributed by atoms with van der Waals surface area (Å²) in [5, 5.41) is 0. The largest absolute Gasteiger partial charge is 0.380 e. The molecule has 1 aliphatic heterocycles. The average Bonchev–Trinajstić information content (AvgIpc) is 2.20. The van der Waals surface area contributed by atoms with E-state index in [1.165, 1.54) is 0 Å². The van der Waals surface area contributed by atoms with Crippen molar-refractivity contribution in [2.24, 2.45) is 0 Å². The summed E-state index contributed by atoms with van der Waals surface area (Å²) < 4.78 is 28.1. The van der Waals surface area contributed by atoms with Gasteiger partial charge in [-0.25, -0.2) is 0 Å². The van der Waals surface area contributed by atoms with Crippen LogP contribution in [0.2, 0.25) is 0 Å². The standard InChI is InChI=1S/C9H19O4P/c1-3-12-14(10,13-4-2)9-6-5-7-11-8-9/h9H,3-8H2,1-2H3. The van der Waals surface area contributed by atoms with Gasteiger partial charge in [0.25, 0.3) is 0 Å². The summed E-state index contributed by atoms with van der Waals surface area (Å²) in [7, 11) is -2.92. The van der Waals surface area contributed by atoms with Crippen LogP contribution in [0.25, 0.3) is 0 Å². The molecular formula is C9H19O4P. The predicted molar refractivity (Wildman–Crippen MR) is 54.7 cm³/mol. The third kappa shape index (κ3) is 3.06. The fourth-order valence-electron chi connectivity index (χ4n) is 1.58. The maximum Gasteiger partial charge on any atom is 0.336 e. The van der Waals surface area contributed by atoms with Gasteiger partial charge in [0, 0.05) is 6.61 Å². The summed E-state index contributed by atoms with van der Waals surface area (Å²) in [4.78, 5) is 0. The Balaban J connectivity index is 2.59. The molecule has 1 heterocycles. The van der Waals surface area contributed by atoms with Crippen LogP contribution < -0.4 is 0 Å². The van der Waals surface area contributed by atoms with Gasteiger partial charge in [0.15, 0.2) is 0 Å². The fraction of sp³-hybridized carbons (Fsp3) is 1.00. The lowest BCUT2D eigenvalue weighted by Crippen LogP contribution is -2.24. The molecule has 5 heteroatoms. The van der Waals surface area contributed by atoms with Gasteiger partial charge >= 0.3 is 7.60 Å². The van der Waals surface area contributed by atoms with Gasteiger partial charge in [0.05, 0.1) is 25.5 Å². The van der Waals surface area contributed by atoms with Crippen molar-refractivity contribution in [1.82, 2.24) is 0 Å². The van der Waals surface area contributed by atoms with Gasteiger partial charge in [-0.05, 0) is 26.7 Å². The molecule has 84 valence electrons. The lowest BCUT2D eigenvalue weighted by molar-refractivity contribution is 0.0856. The summed E-state index contributed by atoms with van der Waals surface area (Å²) >= 11 is 0. The van der Waals surface area contributed by atoms with E-state index in [0.29, 0.717) is 19.8 Å². The van der Waals surface area contributed by atoms with Gasteiger partial charge in [0.2, 0.25) is 0 Å². The Morgan fingerprint density at radius 3 is 2.43 bits per heavy atom. The van der Waals surface area contributed by atoms with Gasteiger partial charge < -0.3 is 13.8 Å². The molecule has 0 N–H and O–H groups in total. The van der Waals surface area contributed by atoms with Crippen LogP contribution in [0.15, 0.2) is 0 Å². The van der Waals surface area contributed by atoms with Gasteiger partial charge in [-0.1, -0.05) is 0 Å². The van der Waals surface area contributed by atoms with Crippen molar-refractivity contribution in [3.63, 3.8) is 0 Å². The molecule has 0 amide bonds. The molecule has 0 radical (unpaired) electrons. The maximum atomic E-state index is 12.2. The monoisotopic (exact) mass is 222 g/mol. The highest BCUT2D eigenvalue weighted by Gasteiger charge is 2.36. The van der Waals surface area contributed by atoms with E-state index < -0.39 is 7.60 Å². The quantitative estimate of drug-likeness (QED) is 0.670. The van der Waals surface area contributed by atoms with Crippen LogP contribution >= 0.6 is 7.60 Å². The second-order valence-electron chi connectivity index (χ2n) is 3.25. The van der Waals surface area contributed by atoms with E-state index in [9.17, 15) is 4.57 Å². The zero-order valence-electron chi connectivity index (χ0n) is 8.90. The molecule has 0 spiro atoms. The highest BCUT2D eigenvalue weighted by Crippen LogP contribution is 2.55. The molecule has 0 saturated carbocycles. The van der Waals surface area contributed by atoms with Gasteiger partial charge in [-0.15, -0.1) is 0 Å². The van der Waals surface area contributed by atoms with Crippen LogP contribution in [-0.4, -0.2) is 32.1 Å². The summed E-state index contributed by atoms with van der Waals surface area (Å²) in [6, 6.07) is 0. The van der Waals surface area contributed by atoms with E-state index in [0.717, 1.165) is 19.4 Å². The van der Waals surface area contributed by atoms with Gasteiger partial charge in [-0.2, -0.15) is 0 Å². The first kappa shape index (κ1) is 12.2. The molecule has 1 saturated heterocycles. The van der Waals surface area contributed by atoms with Crippen LogP contribution in [-0.2, 0) is 18.3 Å². The van der Waals surface area contributed by atoms with Crippen molar-refractivity contribution in [3.8, 4) is 0 Å². The van der Waals surface area contributed by atoms with Crippen molar-refractivity contribution in [2.45, 2.75) is 32.3 Å². The number of hydrogen-bond donors (Lipinski definition) is 0. The van der Waals surface area contributed by atoms with Crippen molar-refractivity contribution in [2.75, 3.05) is 26.4 Å². The Hall–Kier alpha value is 0.110. The Bertz CT molecular complexity index is 191. The zero-order valence-corrected chi connectivity index (χ0v) is 9.79. The first-order chi connectivity index (χ1) is 6.73. The third-order valence-corrected chi connectivity index (χ3v) is 4.74. The van der Waals surface area contributed by atoms with Crippen LogP contribution in [0.1, 0.15) is 26.7 Å². The predicted octanol–water partition coefficient (Wildman–Crippen LogP) is 2.43. The van der Waals surface area contributed by atoms with Gasteiger partial charge in [-0.3, -0.25) is 4.57 Å². The van der Waals surface area contributed by atoms with Crippen molar-refractivity contribution < 1.29 is 18.3 Å². The molecule has 4 nitrogen and oxygen atoms in total. The molecule has 1 fully saturated rings. The number of rotatable bonds is 5. The molecule has 0 aromatic carbocycles. The third-order valence-electron chi connectivity index (χ3n) is 2.20. The van der Waals surface area contributed by atoms with Crippen LogP contribution in [0.5, 0.6) is 0 Å². The van der Waals surface area contributed by atoms with Crippen LogP contribution in [0.3, 0.4) is 0 Å². The van der Waals surface area contributed by atoms with Crippen molar-refractivity contribution >= 4 is 7.60 Å². The maximum absolute atomic E-state index is 12.2. The molecular weight excluding hydrogens is 203 g/mol. The fourth-order valence-corrected chi connectivity index (χ4v) is 3.58. The molecule has 1 atom stereocenters. The smallest absolute Gasteiger partial charge is 0.336 e. The summed E-state index contributed by atoms with van der Waals surface area (Å²) in [6.45, 7) is 5.76. The van der Waals surface area contributed by atoms with E-state index in [1.54, 1.807) is 0 Å². The minimum Gasteiger partial charge on any atom is -0.380 e. The van der Waals surface area contributed by atoms with E-state index in [2.05, 4.69) is 0 Å². The molecule has 0 aromatic heterocycles. The molecule has 0 bridgehead atoms. The molecule has 0 aliphatic carbocycles. The second kappa shape index (κ2) is 5.86. The summed E-state index contributed by atoms with van der Waals surface area (Å²) in [5.74, 6) is 0. The Labute approximate surface area is 85.5 Å². The molecule has 1 aliphatic rings. The van der Waals surface area contributed by atoms with E-state index >= 15 is 0 Å². The van der Waals surface area contributed by atoms with Crippen LogP contribution in [0.4, 0.5) is 0 Å². The Morgan fingerprint density at radius 1 is 1.36 bits per heavy atom. The van der Waals surface area contributed by atoms with Crippen molar-refractivity contribution in [3.05, 3.63) is 0 Å². The Morgan fingerprint density at radius 2 is 2.00 bits per heavy atom. The Kier molecular flexibility index (Phi) is 5.10. The van der Waals surface area contributed by atoms with E-state index in [-0.39, 0.29) is 5.66 Å². The molecule has 1 rings (SSSR count). The first-order valence-electron chi connectivity index (χ1n) is 5.19. The molecule has 14 heavy (non-hydrogen) atoms. The molecule has 0 aromatic rings. The number of hydrogen-bond acceptors (Lipinski definition) is 4. The normalized spacial score (nSPS) is 23.7. The minimum atomic E-state index is -2.92. The summed E-state index contributed by atoms with van der Waals surface area (Å²) in [6.07, 6.45) is 1.81. The highest BCUT2D eigenvalue weighted by atomic mass is 31.2.